The third-order valence-corrected chi connectivity index (χ3v) is 2.93. The summed E-state index contributed by atoms with van der Waals surface area (Å²) in [6.45, 7) is 1.96. The number of rotatable bonds is 2. The predicted molar refractivity (Wildman–Crippen MR) is 71.0 cm³/mol. The van der Waals surface area contributed by atoms with Crippen molar-refractivity contribution in [2.24, 2.45) is 0 Å². The van der Waals surface area contributed by atoms with E-state index in [4.69, 9.17) is 16.0 Å². The molecule has 0 spiro atoms. The minimum Gasteiger partial charge on any atom is -0.463 e. The maximum absolute atomic E-state index is 5.90. The normalized spacial score (nSPS) is 10.8. The van der Waals surface area contributed by atoms with Crippen molar-refractivity contribution in [3.8, 4) is 17.1 Å². The van der Waals surface area contributed by atoms with Crippen LogP contribution in [0.25, 0.3) is 17.1 Å². The molecule has 0 fully saturated rings. The van der Waals surface area contributed by atoms with E-state index in [0.29, 0.717) is 5.02 Å². The molecule has 0 aliphatic rings. The van der Waals surface area contributed by atoms with Crippen molar-refractivity contribution < 1.29 is 4.42 Å². The SMILES string of the molecule is Cc1cc(-c2ccco2)n(-c2ccc(Cl)cc2)n1. The van der Waals surface area contributed by atoms with Gasteiger partial charge in [0, 0.05) is 5.02 Å². The van der Waals surface area contributed by atoms with Crippen LogP contribution in [0.1, 0.15) is 5.69 Å². The number of hydrogen-bond donors (Lipinski definition) is 0. The van der Waals surface area contributed by atoms with Gasteiger partial charge in [-0.05, 0) is 49.4 Å². The lowest BCUT2D eigenvalue weighted by Gasteiger charge is -2.05. The van der Waals surface area contributed by atoms with E-state index in [9.17, 15) is 0 Å². The minimum atomic E-state index is 0.710. The van der Waals surface area contributed by atoms with Crippen molar-refractivity contribution in [3.63, 3.8) is 0 Å². The molecular formula is C14H11ClN2O. The summed E-state index contributed by atoms with van der Waals surface area (Å²) in [5.41, 5.74) is 2.83. The standard InChI is InChI=1S/C14H11ClN2O/c1-10-9-13(14-3-2-8-18-14)17(16-10)12-6-4-11(15)5-7-12/h2-9H,1H3. The van der Waals surface area contributed by atoms with Gasteiger partial charge >= 0.3 is 0 Å². The summed E-state index contributed by atoms with van der Waals surface area (Å²) >= 11 is 5.90. The molecule has 2 aromatic heterocycles. The molecule has 0 saturated carbocycles. The highest BCUT2D eigenvalue weighted by Gasteiger charge is 2.11. The number of aromatic nitrogens is 2. The minimum absolute atomic E-state index is 0.710. The number of benzene rings is 1. The first-order valence-electron chi connectivity index (χ1n) is 5.60. The van der Waals surface area contributed by atoms with Crippen LogP contribution >= 0.6 is 11.6 Å². The summed E-state index contributed by atoms with van der Waals surface area (Å²) in [4.78, 5) is 0. The zero-order valence-corrected chi connectivity index (χ0v) is 10.6. The molecule has 2 heterocycles. The predicted octanol–water partition coefficient (Wildman–Crippen LogP) is 4.09. The molecule has 4 heteroatoms. The van der Waals surface area contributed by atoms with Gasteiger partial charge in [0.25, 0.3) is 0 Å². The molecule has 0 aliphatic heterocycles. The Bertz CT molecular complexity index is 654. The van der Waals surface area contributed by atoms with Gasteiger partial charge in [-0.15, -0.1) is 0 Å². The Kier molecular flexibility index (Phi) is 2.68. The van der Waals surface area contributed by atoms with Gasteiger partial charge in [-0.1, -0.05) is 11.6 Å². The fourth-order valence-electron chi connectivity index (χ4n) is 1.88. The smallest absolute Gasteiger partial charge is 0.152 e. The van der Waals surface area contributed by atoms with Gasteiger partial charge in [-0.25, -0.2) is 4.68 Å². The number of nitrogens with zero attached hydrogens (tertiary/aromatic N) is 2. The zero-order chi connectivity index (χ0) is 12.5. The van der Waals surface area contributed by atoms with Crippen LogP contribution in [-0.4, -0.2) is 9.78 Å². The molecule has 90 valence electrons. The van der Waals surface area contributed by atoms with Gasteiger partial charge in [0.1, 0.15) is 5.69 Å². The van der Waals surface area contributed by atoms with Crippen molar-refractivity contribution in [3.05, 3.63) is 59.4 Å². The molecular weight excluding hydrogens is 248 g/mol. The highest BCUT2D eigenvalue weighted by Crippen LogP contribution is 2.24. The Balaban J connectivity index is 2.15. The van der Waals surface area contributed by atoms with Gasteiger partial charge < -0.3 is 4.42 Å². The van der Waals surface area contributed by atoms with Gasteiger partial charge in [0.15, 0.2) is 5.76 Å². The second-order valence-electron chi connectivity index (χ2n) is 4.04. The number of hydrogen-bond acceptors (Lipinski definition) is 2. The van der Waals surface area contributed by atoms with Crippen molar-refractivity contribution in [1.29, 1.82) is 0 Å². The fourth-order valence-corrected chi connectivity index (χ4v) is 2.00. The van der Waals surface area contributed by atoms with Gasteiger partial charge in [0.05, 0.1) is 17.6 Å². The first kappa shape index (κ1) is 11.1. The zero-order valence-electron chi connectivity index (χ0n) is 9.80. The summed E-state index contributed by atoms with van der Waals surface area (Å²) in [5, 5.41) is 5.19. The molecule has 0 amide bonds. The summed E-state index contributed by atoms with van der Waals surface area (Å²) < 4.78 is 7.28. The second-order valence-corrected chi connectivity index (χ2v) is 4.47. The van der Waals surface area contributed by atoms with Crippen molar-refractivity contribution in [2.75, 3.05) is 0 Å². The number of aryl methyl sites for hydroxylation is 1. The van der Waals surface area contributed by atoms with Crippen LogP contribution in [0.2, 0.25) is 5.02 Å². The van der Waals surface area contributed by atoms with E-state index < -0.39 is 0 Å². The Labute approximate surface area is 110 Å². The maximum atomic E-state index is 5.90. The lowest BCUT2D eigenvalue weighted by Crippen LogP contribution is -1.98. The molecule has 0 bridgehead atoms. The molecule has 0 radical (unpaired) electrons. The summed E-state index contributed by atoms with van der Waals surface area (Å²) in [7, 11) is 0. The van der Waals surface area contributed by atoms with E-state index in [2.05, 4.69) is 5.10 Å². The third-order valence-electron chi connectivity index (χ3n) is 2.68. The van der Waals surface area contributed by atoms with Gasteiger partial charge in [-0.3, -0.25) is 0 Å². The molecule has 3 nitrogen and oxygen atoms in total. The molecule has 0 atom stereocenters. The summed E-state index contributed by atoms with van der Waals surface area (Å²) in [5.74, 6) is 0.797. The molecule has 3 aromatic rings. The van der Waals surface area contributed by atoms with Crippen molar-refractivity contribution in [1.82, 2.24) is 9.78 Å². The van der Waals surface area contributed by atoms with Crippen LogP contribution in [0, 0.1) is 6.92 Å². The van der Waals surface area contributed by atoms with E-state index in [-0.39, 0.29) is 0 Å². The third kappa shape index (κ3) is 1.93. The Morgan fingerprint density at radius 1 is 1.17 bits per heavy atom. The van der Waals surface area contributed by atoms with Gasteiger partial charge in [0.2, 0.25) is 0 Å². The second kappa shape index (κ2) is 4.35. The largest absolute Gasteiger partial charge is 0.463 e. The lowest BCUT2D eigenvalue weighted by molar-refractivity contribution is 0.577. The number of furan rings is 1. The number of halogens is 1. The highest BCUT2D eigenvalue weighted by atomic mass is 35.5. The topological polar surface area (TPSA) is 31.0 Å². The van der Waals surface area contributed by atoms with Crippen LogP contribution in [0.3, 0.4) is 0 Å². The molecule has 0 saturated heterocycles. The van der Waals surface area contributed by atoms with Gasteiger partial charge in [-0.2, -0.15) is 5.10 Å². The molecule has 0 aliphatic carbocycles. The lowest BCUT2D eigenvalue weighted by atomic mass is 10.2. The fraction of sp³-hybridized carbons (Fsp3) is 0.0714. The Morgan fingerprint density at radius 3 is 2.61 bits per heavy atom. The first-order valence-corrected chi connectivity index (χ1v) is 5.98. The highest BCUT2D eigenvalue weighted by molar-refractivity contribution is 6.30. The van der Waals surface area contributed by atoms with E-state index in [1.165, 1.54) is 0 Å². The molecule has 0 unspecified atom stereocenters. The van der Waals surface area contributed by atoms with Crippen LogP contribution in [0.4, 0.5) is 0 Å². The quantitative estimate of drug-likeness (QED) is 0.693. The summed E-state index contributed by atoms with van der Waals surface area (Å²) in [6.07, 6.45) is 1.66. The monoisotopic (exact) mass is 258 g/mol. The molecule has 3 rings (SSSR count). The average molecular weight is 259 g/mol. The van der Waals surface area contributed by atoms with Crippen LogP contribution < -0.4 is 0 Å². The van der Waals surface area contributed by atoms with Crippen LogP contribution in [0.5, 0.6) is 0 Å². The van der Waals surface area contributed by atoms with Crippen molar-refractivity contribution in [2.45, 2.75) is 6.92 Å². The molecule has 0 N–H and O–H groups in total. The molecule has 1 aromatic carbocycles. The van der Waals surface area contributed by atoms with E-state index >= 15 is 0 Å². The Hall–Kier alpha value is -2.00. The van der Waals surface area contributed by atoms with Crippen molar-refractivity contribution >= 4 is 11.6 Å². The first-order chi connectivity index (χ1) is 8.74. The van der Waals surface area contributed by atoms with E-state index in [0.717, 1.165) is 22.8 Å². The van der Waals surface area contributed by atoms with E-state index in [1.54, 1.807) is 6.26 Å². The van der Waals surface area contributed by atoms with Crippen LogP contribution in [0.15, 0.2) is 53.1 Å². The van der Waals surface area contributed by atoms with Crippen LogP contribution in [-0.2, 0) is 0 Å². The van der Waals surface area contributed by atoms with E-state index in [1.807, 2.05) is 54.1 Å². The average Bonchev–Trinajstić information content (AvgIpc) is 2.98. The maximum Gasteiger partial charge on any atom is 0.152 e. The Morgan fingerprint density at radius 2 is 1.94 bits per heavy atom. The molecule has 18 heavy (non-hydrogen) atoms. The summed E-state index contributed by atoms with van der Waals surface area (Å²) in [6, 6.07) is 13.3.